The van der Waals surface area contributed by atoms with Crippen molar-refractivity contribution in [2.75, 3.05) is 14.1 Å². The van der Waals surface area contributed by atoms with E-state index in [1.54, 1.807) is 30.1 Å². The minimum Gasteiger partial charge on any atom is -0.305 e. The molecule has 2 heterocycles. The largest absolute Gasteiger partial charge is 0.305 e. The summed E-state index contributed by atoms with van der Waals surface area (Å²) < 4.78 is 15.7. The summed E-state index contributed by atoms with van der Waals surface area (Å²) in [6.45, 7) is 0.543. The summed E-state index contributed by atoms with van der Waals surface area (Å²) in [7, 11) is 5.52. The fourth-order valence-corrected chi connectivity index (χ4v) is 2.51. The lowest BCUT2D eigenvalue weighted by Gasteiger charge is -2.11. The maximum atomic E-state index is 14.2. The Morgan fingerprint density at radius 3 is 2.73 bits per heavy atom. The molecule has 1 N–H and O–H groups in total. The molecule has 0 atom stereocenters. The van der Waals surface area contributed by atoms with E-state index in [0.717, 1.165) is 5.56 Å². The van der Waals surface area contributed by atoms with Crippen molar-refractivity contribution >= 4 is 11.0 Å². The van der Waals surface area contributed by atoms with Crippen LogP contribution in [-0.4, -0.2) is 33.8 Å². The molecule has 1 aromatic carbocycles. The Morgan fingerprint density at radius 1 is 1.27 bits per heavy atom. The molecule has 3 rings (SSSR count). The fourth-order valence-electron chi connectivity index (χ4n) is 2.51. The number of fused-ring (bicyclic) bond motifs is 1. The number of nitrogens with zero attached hydrogens (tertiary/aromatic N) is 3. The minimum atomic E-state index is -0.256. The number of benzene rings is 1. The lowest BCUT2D eigenvalue weighted by atomic mass is 10.0. The molecule has 22 heavy (non-hydrogen) atoms. The predicted molar refractivity (Wildman–Crippen MR) is 84.1 cm³/mol. The van der Waals surface area contributed by atoms with E-state index < -0.39 is 0 Å². The average Bonchev–Trinajstić information content (AvgIpc) is 2.75. The molecule has 0 unspecified atom stereocenters. The Hall–Kier alpha value is -2.47. The number of nitrogens with one attached hydrogen (secondary N) is 1. The molecule has 0 fully saturated rings. The third kappa shape index (κ3) is 2.53. The lowest BCUT2D eigenvalue weighted by molar-refractivity contribution is 0.392. The van der Waals surface area contributed by atoms with Crippen LogP contribution in [0.1, 0.15) is 5.56 Å². The van der Waals surface area contributed by atoms with Crippen molar-refractivity contribution in [3.63, 3.8) is 0 Å². The standard InChI is InChI=1S/C16H17FN4O/c1-20(2)9-11-5-4-10(7-14(11)17)12-6-13-15(18-8-12)21(3)19-16(13)22/h4-8H,9H2,1-3H3,(H,19,22). The summed E-state index contributed by atoms with van der Waals surface area (Å²) in [6.07, 6.45) is 1.65. The van der Waals surface area contributed by atoms with Crippen molar-refractivity contribution in [2.45, 2.75) is 6.54 Å². The molecule has 0 amide bonds. The van der Waals surface area contributed by atoms with Crippen molar-refractivity contribution in [2.24, 2.45) is 7.05 Å². The Kier molecular flexibility index (Phi) is 3.54. The predicted octanol–water partition coefficient (Wildman–Crippen LogP) is 2.13. The average molecular weight is 300 g/mol. The molecule has 3 aromatic rings. The Bertz CT molecular complexity index is 895. The van der Waals surface area contributed by atoms with Crippen molar-refractivity contribution < 1.29 is 4.39 Å². The van der Waals surface area contributed by atoms with E-state index >= 15 is 0 Å². The highest BCUT2D eigenvalue weighted by molar-refractivity contribution is 5.80. The van der Waals surface area contributed by atoms with Gasteiger partial charge in [0, 0.05) is 30.9 Å². The summed E-state index contributed by atoms with van der Waals surface area (Å²) >= 11 is 0. The molecule has 0 saturated heterocycles. The van der Waals surface area contributed by atoms with Crippen LogP contribution >= 0.6 is 0 Å². The number of halogens is 1. The van der Waals surface area contributed by atoms with Crippen molar-refractivity contribution in [1.82, 2.24) is 19.7 Å². The third-order valence-corrected chi connectivity index (χ3v) is 3.57. The number of aromatic amines is 1. The zero-order valence-corrected chi connectivity index (χ0v) is 12.7. The molecule has 0 saturated carbocycles. The topological polar surface area (TPSA) is 53.9 Å². The maximum absolute atomic E-state index is 14.2. The van der Waals surface area contributed by atoms with Crippen LogP contribution < -0.4 is 5.56 Å². The van der Waals surface area contributed by atoms with Crippen molar-refractivity contribution in [3.05, 3.63) is 52.2 Å². The first-order valence-corrected chi connectivity index (χ1v) is 6.94. The number of aromatic nitrogens is 3. The zero-order valence-electron chi connectivity index (χ0n) is 12.7. The Balaban J connectivity index is 2.06. The summed E-state index contributed by atoms with van der Waals surface area (Å²) in [5.41, 5.74) is 2.45. The van der Waals surface area contributed by atoms with E-state index in [-0.39, 0.29) is 11.4 Å². The SMILES string of the molecule is CN(C)Cc1ccc(-c2cnc3c(c2)c(=O)[nH]n3C)cc1F. The lowest BCUT2D eigenvalue weighted by Crippen LogP contribution is -2.11. The van der Waals surface area contributed by atoms with Gasteiger partial charge in [-0.25, -0.2) is 9.37 Å². The van der Waals surface area contributed by atoms with Gasteiger partial charge < -0.3 is 4.90 Å². The second kappa shape index (κ2) is 5.38. The van der Waals surface area contributed by atoms with Gasteiger partial charge in [-0.1, -0.05) is 12.1 Å². The molecule has 0 bridgehead atoms. The summed E-state index contributed by atoms with van der Waals surface area (Å²) in [4.78, 5) is 18.0. The summed E-state index contributed by atoms with van der Waals surface area (Å²) in [5.74, 6) is -0.256. The van der Waals surface area contributed by atoms with Crippen LogP contribution in [0.25, 0.3) is 22.2 Å². The first-order chi connectivity index (χ1) is 10.5. The Morgan fingerprint density at radius 2 is 2.05 bits per heavy atom. The molecular formula is C16H17FN4O. The van der Waals surface area contributed by atoms with Gasteiger partial charge in [-0.3, -0.25) is 14.6 Å². The van der Waals surface area contributed by atoms with Crippen LogP contribution in [0.15, 0.2) is 35.3 Å². The highest BCUT2D eigenvalue weighted by Gasteiger charge is 2.10. The molecule has 0 aliphatic rings. The summed E-state index contributed by atoms with van der Waals surface area (Å²) in [6, 6.07) is 6.84. The molecule has 2 aromatic heterocycles. The van der Waals surface area contributed by atoms with Gasteiger partial charge in [-0.2, -0.15) is 0 Å². The van der Waals surface area contributed by atoms with Crippen molar-refractivity contribution in [1.29, 1.82) is 0 Å². The maximum Gasteiger partial charge on any atom is 0.273 e. The second-order valence-electron chi connectivity index (χ2n) is 5.64. The molecule has 0 aliphatic carbocycles. The number of pyridine rings is 1. The van der Waals surface area contributed by atoms with Gasteiger partial charge in [0.1, 0.15) is 5.82 Å². The van der Waals surface area contributed by atoms with Gasteiger partial charge in [0.15, 0.2) is 5.65 Å². The van der Waals surface area contributed by atoms with E-state index in [1.807, 2.05) is 25.1 Å². The van der Waals surface area contributed by atoms with Gasteiger partial charge >= 0.3 is 0 Å². The van der Waals surface area contributed by atoms with Gasteiger partial charge in [0.25, 0.3) is 5.56 Å². The smallest absolute Gasteiger partial charge is 0.273 e. The van der Waals surface area contributed by atoms with Crippen LogP contribution in [0.4, 0.5) is 4.39 Å². The van der Waals surface area contributed by atoms with E-state index in [1.165, 1.54) is 6.07 Å². The monoisotopic (exact) mass is 300 g/mol. The van der Waals surface area contributed by atoms with Gasteiger partial charge in [0.2, 0.25) is 0 Å². The van der Waals surface area contributed by atoms with Crippen LogP contribution in [0.5, 0.6) is 0 Å². The second-order valence-corrected chi connectivity index (χ2v) is 5.64. The van der Waals surface area contributed by atoms with Crippen LogP contribution in [0.3, 0.4) is 0 Å². The molecule has 5 nitrogen and oxygen atoms in total. The van der Waals surface area contributed by atoms with E-state index in [4.69, 9.17) is 0 Å². The van der Waals surface area contributed by atoms with Crippen LogP contribution in [0, 0.1) is 5.82 Å². The number of hydrogen-bond acceptors (Lipinski definition) is 3. The fraction of sp³-hybridized carbons (Fsp3) is 0.250. The van der Waals surface area contributed by atoms with Crippen molar-refractivity contribution in [3.8, 4) is 11.1 Å². The van der Waals surface area contributed by atoms with Crippen LogP contribution in [-0.2, 0) is 13.6 Å². The highest BCUT2D eigenvalue weighted by atomic mass is 19.1. The first kappa shape index (κ1) is 14.5. The van der Waals surface area contributed by atoms with E-state index in [0.29, 0.717) is 28.7 Å². The molecular weight excluding hydrogens is 283 g/mol. The molecule has 114 valence electrons. The van der Waals surface area contributed by atoms with Crippen LogP contribution in [0.2, 0.25) is 0 Å². The highest BCUT2D eigenvalue weighted by Crippen LogP contribution is 2.23. The number of H-pyrrole nitrogens is 1. The summed E-state index contributed by atoms with van der Waals surface area (Å²) in [5, 5.41) is 3.15. The van der Waals surface area contributed by atoms with Gasteiger partial charge in [0.05, 0.1) is 5.39 Å². The minimum absolute atomic E-state index is 0.198. The Labute approximate surface area is 127 Å². The van der Waals surface area contributed by atoms with E-state index in [9.17, 15) is 9.18 Å². The third-order valence-electron chi connectivity index (χ3n) is 3.57. The molecule has 0 radical (unpaired) electrons. The molecule has 0 spiro atoms. The molecule has 6 heteroatoms. The van der Waals surface area contributed by atoms with E-state index in [2.05, 4.69) is 10.1 Å². The van der Waals surface area contributed by atoms with Gasteiger partial charge in [-0.05, 0) is 31.8 Å². The van der Waals surface area contributed by atoms with Gasteiger partial charge in [-0.15, -0.1) is 0 Å². The quantitative estimate of drug-likeness (QED) is 0.806. The number of hydrogen-bond donors (Lipinski definition) is 1. The zero-order chi connectivity index (χ0) is 15.9. The number of aryl methyl sites for hydroxylation is 1. The first-order valence-electron chi connectivity index (χ1n) is 6.94. The normalized spacial score (nSPS) is 11.5. The number of rotatable bonds is 3. The molecule has 0 aliphatic heterocycles.